The first-order chi connectivity index (χ1) is 9.88. The Labute approximate surface area is 137 Å². The number of nitrogens with two attached hydrogens (primary N) is 1. The molecule has 0 saturated carbocycles. The molecule has 3 N–H and O–H groups in total. The maximum atomic E-state index is 12.4. The van der Waals surface area contributed by atoms with Crippen LogP contribution in [-0.4, -0.2) is 20.0 Å². The number of amides is 1. The van der Waals surface area contributed by atoms with Gasteiger partial charge >= 0.3 is 0 Å². The number of carbonyl (C=O) groups excluding carboxylic acids is 1. The molecule has 0 atom stereocenters. The van der Waals surface area contributed by atoms with Crippen LogP contribution in [-0.2, 0) is 0 Å². The molecule has 1 amide bonds. The van der Waals surface area contributed by atoms with E-state index < -0.39 is 0 Å². The topological polar surface area (TPSA) is 58.4 Å². The number of para-hydroxylation sites is 1. The summed E-state index contributed by atoms with van der Waals surface area (Å²) < 4.78 is 0.756. The number of nitrogen functional groups attached to an aromatic ring is 1. The van der Waals surface area contributed by atoms with Gasteiger partial charge in [0.05, 0.1) is 16.4 Å². The zero-order chi connectivity index (χ0) is 15.6. The van der Waals surface area contributed by atoms with E-state index >= 15 is 0 Å². The molecule has 0 saturated heterocycles. The molecule has 0 aliphatic carbocycles. The zero-order valence-corrected chi connectivity index (χ0v) is 14.0. The number of hydrogen-bond acceptors (Lipinski definition) is 3. The van der Waals surface area contributed by atoms with Crippen molar-refractivity contribution in [2.45, 2.75) is 0 Å². The van der Waals surface area contributed by atoms with Gasteiger partial charge in [0.15, 0.2) is 0 Å². The van der Waals surface area contributed by atoms with Gasteiger partial charge in [-0.2, -0.15) is 0 Å². The minimum absolute atomic E-state index is 0.242. The lowest BCUT2D eigenvalue weighted by Gasteiger charge is -2.19. The normalized spacial score (nSPS) is 10.3. The van der Waals surface area contributed by atoms with Crippen molar-refractivity contribution in [3.63, 3.8) is 0 Å². The molecule has 0 spiro atoms. The zero-order valence-electron chi connectivity index (χ0n) is 11.7. The molecule has 0 aliphatic heterocycles. The van der Waals surface area contributed by atoms with Crippen LogP contribution in [0.3, 0.4) is 0 Å². The van der Waals surface area contributed by atoms with Crippen LogP contribution in [0.4, 0.5) is 17.1 Å². The first-order valence-electron chi connectivity index (χ1n) is 6.21. The van der Waals surface area contributed by atoms with Crippen molar-refractivity contribution in [1.82, 2.24) is 0 Å². The molecule has 0 fully saturated rings. The smallest absolute Gasteiger partial charge is 0.255 e. The SMILES string of the molecule is CN(C)c1c(Cl)cccc1NC(=O)c1cc(N)cc(Br)c1. The maximum absolute atomic E-state index is 12.4. The van der Waals surface area contributed by atoms with E-state index in [9.17, 15) is 4.79 Å². The van der Waals surface area contributed by atoms with E-state index in [4.69, 9.17) is 17.3 Å². The van der Waals surface area contributed by atoms with Crippen LogP contribution in [0, 0.1) is 0 Å². The van der Waals surface area contributed by atoms with Crippen LogP contribution < -0.4 is 16.0 Å². The van der Waals surface area contributed by atoms with Gasteiger partial charge in [-0.1, -0.05) is 33.6 Å². The van der Waals surface area contributed by atoms with E-state index in [0.29, 0.717) is 22.0 Å². The van der Waals surface area contributed by atoms with E-state index in [1.165, 1.54) is 0 Å². The van der Waals surface area contributed by atoms with Crippen molar-refractivity contribution >= 4 is 50.5 Å². The summed E-state index contributed by atoms with van der Waals surface area (Å²) in [7, 11) is 3.74. The summed E-state index contributed by atoms with van der Waals surface area (Å²) in [6, 6.07) is 10.5. The number of hydrogen-bond donors (Lipinski definition) is 2. The van der Waals surface area contributed by atoms with Gasteiger partial charge in [-0.25, -0.2) is 0 Å². The second-order valence-electron chi connectivity index (χ2n) is 4.76. The van der Waals surface area contributed by atoms with Gasteiger partial charge in [0.2, 0.25) is 0 Å². The van der Waals surface area contributed by atoms with Gasteiger partial charge in [0.25, 0.3) is 5.91 Å². The minimum atomic E-state index is -0.242. The Kier molecular flexibility index (Phi) is 4.75. The maximum Gasteiger partial charge on any atom is 0.255 e. The number of halogens is 2. The van der Waals surface area contributed by atoms with Gasteiger partial charge in [-0.05, 0) is 30.3 Å². The summed E-state index contributed by atoms with van der Waals surface area (Å²) >= 11 is 9.51. The minimum Gasteiger partial charge on any atom is -0.399 e. The molecular weight excluding hydrogens is 354 g/mol. The van der Waals surface area contributed by atoms with Crippen LogP contribution in [0.1, 0.15) is 10.4 Å². The molecule has 4 nitrogen and oxygen atoms in total. The second-order valence-corrected chi connectivity index (χ2v) is 6.08. The molecule has 0 aliphatic rings. The molecular formula is C15H15BrClN3O. The van der Waals surface area contributed by atoms with Crippen LogP contribution in [0.15, 0.2) is 40.9 Å². The fraction of sp³-hybridized carbons (Fsp3) is 0.133. The number of rotatable bonds is 3. The third kappa shape index (κ3) is 3.68. The average Bonchev–Trinajstić information content (AvgIpc) is 2.37. The van der Waals surface area contributed by atoms with Crippen LogP contribution in [0.25, 0.3) is 0 Å². The van der Waals surface area contributed by atoms with Gasteiger partial charge in [-0.15, -0.1) is 0 Å². The number of anilines is 3. The molecule has 0 aromatic heterocycles. The van der Waals surface area contributed by atoms with Crippen molar-refractivity contribution in [3.05, 3.63) is 51.5 Å². The lowest BCUT2D eigenvalue weighted by atomic mass is 10.1. The van der Waals surface area contributed by atoms with Crippen molar-refractivity contribution in [1.29, 1.82) is 0 Å². The highest BCUT2D eigenvalue weighted by atomic mass is 79.9. The molecule has 0 bridgehead atoms. The third-order valence-corrected chi connectivity index (χ3v) is 3.63. The lowest BCUT2D eigenvalue weighted by molar-refractivity contribution is 0.102. The molecule has 0 radical (unpaired) electrons. The van der Waals surface area contributed by atoms with Crippen LogP contribution in [0.5, 0.6) is 0 Å². The average molecular weight is 369 g/mol. The van der Waals surface area contributed by atoms with Crippen molar-refractivity contribution in [2.24, 2.45) is 0 Å². The highest BCUT2D eigenvalue weighted by molar-refractivity contribution is 9.10. The molecule has 21 heavy (non-hydrogen) atoms. The summed E-state index contributed by atoms with van der Waals surface area (Å²) in [5, 5.41) is 3.44. The number of benzene rings is 2. The first-order valence-corrected chi connectivity index (χ1v) is 7.39. The number of nitrogens with one attached hydrogen (secondary N) is 1. The predicted molar refractivity (Wildman–Crippen MR) is 92.3 cm³/mol. The Balaban J connectivity index is 2.34. The van der Waals surface area contributed by atoms with Crippen molar-refractivity contribution in [2.75, 3.05) is 30.0 Å². The van der Waals surface area contributed by atoms with E-state index in [2.05, 4.69) is 21.2 Å². The molecule has 2 aromatic carbocycles. The summed E-state index contributed by atoms with van der Waals surface area (Å²) in [5.41, 5.74) is 8.16. The molecule has 6 heteroatoms. The molecule has 2 aromatic rings. The Bertz CT molecular complexity index is 668. The van der Waals surface area contributed by atoms with E-state index in [-0.39, 0.29) is 5.91 Å². The summed E-state index contributed by atoms with van der Waals surface area (Å²) in [6.07, 6.45) is 0. The van der Waals surface area contributed by atoms with Crippen LogP contribution >= 0.6 is 27.5 Å². The fourth-order valence-electron chi connectivity index (χ4n) is 2.01. The highest BCUT2D eigenvalue weighted by Crippen LogP contribution is 2.32. The molecule has 0 unspecified atom stereocenters. The second kappa shape index (κ2) is 6.37. The van der Waals surface area contributed by atoms with E-state index in [0.717, 1.165) is 10.2 Å². The lowest BCUT2D eigenvalue weighted by Crippen LogP contribution is -2.17. The summed E-state index contributed by atoms with van der Waals surface area (Å²) in [4.78, 5) is 14.2. The first kappa shape index (κ1) is 15.7. The Morgan fingerprint density at radius 1 is 1.29 bits per heavy atom. The number of carbonyl (C=O) groups is 1. The van der Waals surface area contributed by atoms with Crippen molar-refractivity contribution in [3.8, 4) is 0 Å². The van der Waals surface area contributed by atoms with Gasteiger partial charge in [0.1, 0.15) is 0 Å². The number of nitrogens with zero attached hydrogens (tertiary/aromatic N) is 1. The Hall–Kier alpha value is -1.72. The largest absolute Gasteiger partial charge is 0.399 e. The van der Waals surface area contributed by atoms with E-state index in [1.54, 1.807) is 36.4 Å². The van der Waals surface area contributed by atoms with Gasteiger partial charge < -0.3 is 16.0 Å². The summed E-state index contributed by atoms with van der Waals surface area (Å²) in [6.45, 7) is 0. The quantitative estimate of drug-likeness (QED) is 0.805. The standard InChI is InChI=1S/C15H15BrClN3O/c1-20(2)14-12(17)4-3-5-13(14)19-15(21)9-6-10(16)8-11(18)7-9/h3-8H,18H2,1-2H3,(H,19,21). The third-order valence-electron chi connectivity index (χ3n) is 2.86. The van der Waals surface area contributed by atoms with E-state index in [1.807, 2.05) is 19.0 Å². The van der Waals surface area contributed by atoms with Gasteiger partial charge in [-0.3, -0.25) is 4.79 Å². The Morgan fingerprint density at radius 3 is 2.62 bits per heavy atom. The predicted octanol–water partition coefficient (Wildman–Crippen LogP) is 4.00. The summed E-state index contributed by atoms with van der Waals surface area (Å²) in [5.74, 6) is -0.242. The van der Waals surface area contributed by atoms with Crippen molar-refractivity contribution < 1.29 is 4.79 Å². The van der Waals surface area contributed by atoms with Crippen LogP contribution in [0.2, 0.25) is 5.02 Å². The Morgan fingerprint density at radius 2 is 2.00 bits per heavy atom. The monoisotopic (exact) mass is 367 g/mol. The molecule has 0 heterocycles. The molecule has 110 valence electrons. The molecule has 2 rings (SSSR count). The fourth-order valence-corrected chi connectivity index (χ4v) is 2.86. The highest BCUT2D eigenvalue weighted by Gasteiger charge is 2.13. The van der Waals surface area contributed by atoms with Gasteiger partial charge in [0, 0.05) is 29.8 Å².